The van der Waals surface area contributed by atoms with Gasteiger partial charge in [-0.1, -0.05) is 18.2 Å². The Hall–Kier alpha value is -2.73. The van der Waals surface area contributed by atoms with E-state index in [1.165, 1.54) is 0 Å². The molecule has 6 nitrogen and oxygen atoms in total. The summed E-state index contributed by atoms with van der Waals surface area (Å²) in [6, 6.07) is 15.1. The summed E-state index contributed by atoms with van der Waals surface area (Å²) < 4.78 is 16.9. The van der Waals surface area contributed by atoms with Gasteiger partial charge in [0.15, 0.2) is 6.10 Å². The Morgan fingerprint density at radius 3 is 2.48 bits per heavy atom. The molecular weight excluding hydrogens is 368 g/mol. The fourth-order valence-electron chi connectivity index (χ4n) is 3.25. The van der Waals surface area contributed by atoms with Gasteiger partial charge in [-0.05, 0) is 56.6 Å². The van der Waals surface area contributed by atoms with Crippen molar-refractivity contribution in [2.45, 2.75) is 38.5 Å². The zero-order chi connectivity index (χ0) is 20.6. The number of hydrogen-bond acceptors (Lipinski definition) is 5. The van der Waals surface area contributed by atoms with Crippen LogP contribution in [0.5, 0.6) is 17.2 Å². The third-order valence-electron chi connectivity index (χ3n) is 5.08. The van der Waals surface area contributed by atoms with Crippen LogP contribution in [0.1, 0.15) is 25.3 Å². The van der Waals surface area contributed by atoms with Gasteiger partial charge in [-0.25, -0.2) is 0 Å². The number of nitrogens with zero attached hydrogens (tertiary/aromatic N) is 1. The first-order valence-corrected chi connectivity index (χ1v) is 10.1. The highest BCUT2D eigenvalue weighted by atomic mass is 16.5. The first kappa shape index (κ1) is 21.0. The lowest BCUT2D eigenvalue weighted by atomic mass is 10.1. The molecule has 0 spiro atoms. The Morgan fingerprint density at radius 1 is 1.10 bits per heavy atom. The van der Waals surface area contributed by atoms with Gasteiger partial charge in [0, 0.05) is 25.7 Å². The Labute approximate surface area is 172 Å². The summed E-state index contributed by atoms with van der Waals surface area (Å²) >= 11 is 0. The number of nitrogens with one attached hydrogen (secondary N) is 1. The molecule has 156 valence electrons. The number of carbonyl (C=O) groups excluding carboxylic acids is 1. The van der Waals surface area contributed by atoms with Crippen molar-refractivity contribution < 1.29 is 19.0 Å². The molecule has 1 N–H and O–H groups in total. The summed E-state index contributed by atoms with van der Waals surface area (Å²) in [4.78, 5) is 14.7. The summed E-state index contributed by atoms with van der Waals surface area (Å²) in [6.07, 6.45) is 1.79. The lowest BCUT2D eigenvalue weighted by Gasteiger charge is -2.29. The van der Waals surface area contributed by atoms with Crippen molar-refractivity contribution in [1.29, 1.82) is 0 Å². The fraction of sp³-hybridized carbons (Fsp3) is 0.435. The number of likely N-dealkylation sites (tertiary alicyclic amines) is 1. The van der Waals surface area contributed by atoms with E-state index >= 15 is 0 Å². The van der Waals surface area contributed by atoms with Crippen LogP contribution in [0.25, 0.3) is 0 Å². The normalized spacial score (nSPS) is 16.1. The summed E-state index contributed by atoms with van der Waals surface area (Å²) in [5.41, 5.74) is 1.02. The first-order valence-electron chi connectivity index (χ1n) is 10.1. The minimum atomic E-state index is -0.603. The van der Waals surface area contributed by atoms with Crippen LogP contribution >= 0.6 is 0 Å². The van der Waals surface area contributed by atoms with Gasteiger partial charge in [-0.15, -0.1) is 0 Å². The Bertz CT molecular complexity index is 786. The third-order valence-corrected chi connectivity index (χ3v) is 5.08. The van der Waals surface area contributed by atoms with E-state index in [2.05, 4.69) is 17.3 Å². The average molecular weight is 399 g/mol. The van der Waals surface area contributed by atoms with E-state index in [1.807, 2.05) is 36.4 Å². The van der Waals surface area contributed by atoms with E-state index < -0.39 is 6.10 Å². The monoisotopic (exact) mass is 398 g/mol. The zero-order valence-electron chi connectivity index (χ0n) is 17.4. The lowest BCUT2D eigenvalue weighted by Crippen LogP contribution is -2.36. The summed E-state index contributed by atoms with van der Waals surface area (Å²) in [6.45, 7) is 4.32. The summed E-state index contributed by atoms with van der Waals surface area (Å²) in [7, 11) is 3.74. The highest BCUT2D eigenvalue weighted by molar-refractivity contribution is 5.80. The molecule has 2 aromatic rings. The molecular formula is C23H30N2O4. The van der Waals surface area contributed by atoms with Gasteiger partial charge < -0.3 is 24.4 Å². The maximum atomic E-state index is 12.3. The van der Waals surface area contributed by atoms with Crippen molar-refractivity contribution in [3.05, 3.63) is 54.1 Å². The number of benzene rings is 2. The molecule has 1 aliphatic rings. The Balaban J connectivity index is 1.44. The molecule has 2 aromatic carbocycles. The van der Waals surface area contributed by atoms with Crippen molar-refractivity contribution in [2.24, 2.45) is 0 Å². The van der Waals surface area contributed by atoms with Crippen molar-refractivity contribution in [2.75, 3.05) is 27.2 Å². The maximum absolute atomic E-state index is 12.3. The number of amides is 1. The van der Waals surface area contributed by atoms with Gasteiger partial charge in [-0.2, -0.15) is 0 Å². The van der Waals surface area contributed by atoms with Crippen LogP contribution in [0, 0.1) is 0 Å². The Kier molecular flexibility index (Phi) is 7.36. The molecule has 1 aliphatic heterocycles. The van der Waals surface area contributed by atoms with Crippen LogP contribution in [0.3, 0.4) is 0 Å². The third kappa shape index (κ3) is 6.39. The number of piperidine rings is 1. The second-order valence-corrected chi connectivity index (χ2v) is 7.42. The lowest BCUT2D eigenvalue weighted by molar-refractivity contribution is -0.127. The molecule has 29 heavy (non-hydrogen) atoms. The number of hydrogen-bond donors (Lipinski definition) is 1. The molecule has 1 atom stereocenters. The molecule has 3 rings (SSSR count). The molecule has 0 radical (unpaired) electrons. The van der Waals surface area contributed by atoms with Gasteiger partial charge in [-0.3, -0.25) is 4.79 Å². The van der Waals surface area contributed by atoms with Crippen LogP contribution in [-0.4, -0.2) is 50.3 Å². The van der Waals surface area contributed by atoms with E-state index in [0.717, 1.165) is 37.2 Å². The number of methoxy groups -OCH3 is 1. The first-order chi connectivity index (χ1) is 14.0. The highest BCUT2D eigenvalue weighted by Gasteiger charge is 2.18. The molecule has 1 amide bonds. The molecule has 1 fully saturated rings. The van der Waals surface area contributed by atoms with E-state index in [0.29, 0.717) is 18.0 Å². The largest absolute Gasteiger partial charge is 0.497 e. The SMILES string of the molecule is COc1cccc(O[C@@H](C)C(=O)NCc2ccc(OC3CCN(C)CC3)cc2)c1. The molecule has 0 aromatic heterocycles. The smallest absolute Gasteiger partial charge is 0.261 e. The molecule has 0 bridgehead atoms. The highest BCUT2D eigenvalue weighted by Crippen LogP contribution is 2.21. The molecule has 1 heterocycles. The van der Waals surface area contributed by atoms with Crippen LogP contribution in [0.2, 0.25) is 0 Å². The van der Waals surface area contributed by atoms with Crippen molar-refractivity contribution >= 4 is 5.91 Å². The average Bonchev–Trinajstić information content (AvgIpc) is 2.74. The zero-order valence-corrected chi connectivity index (χ0v) is 17.4. The molecule has 1 saturated heterocycles. The van der Waals surface area contributed by atoms with E-state index in [-0.39, 0.29) is 12.0 Å². The van der Waals surface area contributed by atoms with Gasteiger partial charge in [0.1, 0.15) is 23.4 Å². The number of rotatable bonds is 8. The van der Waals surface area contributed by atoms with Crippen molar-refractivity contribution in [3.8, 4) is 17.2 Å². The van der Waals surface area contributed by atoms with E-state index in [9.17, 15) is 4.79 Å². The second kappa shape index (κ2) is 10.2. The standard InChI is InChI=1S/C23H30N2O4/c1-17(28-22-6-4-5-21(15-22)27-3)23(26)24-16-18-7-9-19(10-8-18)29-20-11-13-25(2)14-12-20/h4-10,15,17,20H,11-14,16H2,1-3H3,(H,24,26)/t17-/m0/s1. The van der Waals surface area contributed by atoms with Crippen LogP contribution in [0.15, 0.2) is 48.5 Å². The molecule has 6 heteroatoms. The Morgan fingerprint density at radius 2 is 1.79 bits per heavy atom. The van der Waals surface area contributed by atoms with Gasteiger partial charge in [0.2, 0.25) is 0 Å². The topological polar surface area (TPSA) is 60.0 Å². The van der Waals surface area contributed by atoms with Crippen molar-refractivity contribution in [1.82, 2.24) is 10.2 Å². The maximum Gasteiger partial charge on any atom is 0.261 e. The second-order valence-electron chi connectivity index (χ2n) is 7.42. The molecule has 0 saturated carbocycles. The summed E-state index contributed by atoms with van der Waals surface area (Å²) in [5, 5.41) is 2.91. The predicted molar refractivity (Wildman–Crippen MR) is 113 cm³/mol. The number of carbonyl (C=O) groups is 1. The number of ether oxygens (including phenoxy) is 3. The van der Waals surface area contributed by atoms with Gasteiger partial charge >= 0.3 is 0 Å². The summed E-state index contributed by atoms with van der Waals surface area (Å²) in [5.74, 6) is 2.00. The van der Waals surface area contributed by atoms with Crippen LogP contribution in [0.4, 0.5) is 0 Å². The van der Waals surface area contributed by atoms with E-state index in [4.69, 9.17) is 14.2 Å². The van der Waals surface area contributed by atoms with Crippen molar-refractivity contribution in [3.63, 3.8) is 0 Å². The minimum Gasteiger partial charge on any atom is -0.497 e. The van der Waals surface area contributed by atoms with Crippen LogP contribution in [-0.2, 0) is 11.3 Å². The van der Waals surface area contributed by atoms with Gasteiger partial charge in [0.05, 0.1) is 7.11 Å². The van der Waals surface area contributed by atoms with Gasteiger partial charge in [0.25, 0.3) is 5.91 Å². The minimum absolute atomic E-state index is 0.167. The quantitative estimate of drug-likeness (QED) is 0.740. The molecule has 0 aliphatic carbocycles. The fourth-order valence-corrected chi connectivity index (χ4v) is 3.25. The molecule has 0 unspecified atom stereocenters. The predicted octanol–water partition coefficient (Wildman–Crippen LogP) is 3.25. The van der Waals surface area contributed by atoms with E-state index in [1.54, 1.807) is 26.2 Å². The van der Waals surface area contributed by atoms with Crippen LogP contribution < -0.4 is 19.5 Å².